The van der Waals surface area contributed by atoms with Crippen molar-refractivity contribution in [1.82, 2.24) is 15.1 Å². The first-order chi connectivity index (χ1) is 14.0. The number of aryl methyl sites for hydroxylation is 2. The van der Waals surface area contributed by atoms with Gasteiger partial charge in [-0.3, -0.25) is 9.48 Å². The van der Waals surface area contributed by atoms with Gasteiger partial charge in [0, 0.05) is 18.7 Å². The molecule has 0 fully saturated rings. The van der Waals surface area contributed by atoms with Crippen molar-refractivity contribution < 1.29 is 9.53 Å². The number of carbonyl (C=O) groups is 1. The van der Waals surface area contributed by atoms with Gasteiger partial charge in [0.05, 0.1) is 23.3 Å². The van der Waals surface area contributed by atoms with Gasteiger partial charge in [0.25, 0.3) is 0 Å². The van der Waals surface area contributed by atoms with Crippen LogP contribution in [0, 0.1) is 13.8 Å². The van der Waals surface area contributed by atoms with E-state index in [0.717, 1.165) is 33.7 Å². The summed E-state index contributed by atoms with van der Waals surface area (Å²) in [5.41, 5.74) is 4.42. The smallest absolute Gasteiger partial charge is 0.220 e. The summed E-state index contributed by atoms with van der Waals surface area (Å²) in [4.78, 5) is 12.1. The second kappa shape index (κ2) is 10.3. The van der Waals surface area contributed by atoms with Crippen molar-refractivity contribution in [1.29, 1.82) is 0 Å². The molecule has 1 aromatic heterocycles. The third kappa shape index (κ3) is 6.46. The summed E-state index contributed by atoms with van der Waals surface area (Å²) in [5.74, 6) is 0.831. The fraction of sp³-hybridized carbons (Fsp3) is 0.304. The number of benzene rings is 2. The number of carbonyl (C=O) groups excluding carboxylic acids is 1. The van der Waals surface area contributed by atoms with Crippen LogP contribution in [-0.4, -0.2) is 22.3 Å². The van der Waals surface area contributed by atoms with Gasteiger partial charge in [0.1, 0.15) is 5.75 Å². The average molecular weight is 456 g/mol. The van der Waals surface area contributed by atoms with Crippen LogP contribution in [0.4, 0.5) is 0 Å². The molecule has 0 bridgehead atoms. The molecule has 0 saturated heterocycles. The Morgan fingerprint density at radius 2 is 1.90 bits per heavy atom. The van der Waals surface area contributed by atoms with E-state index in [1.807, 2.05) is 48.0 Å². The van der Waals surface area contributed by atoms with Crippen molar-refractivity contribution >= 4 is 21.8 Å². The fourth-order valence-electron chi connectivity index (χ4n) is 3.11. The lowest BCUT2D eigenvalue weighted by atomic mass is 10.1. The molecule has 0 saturated carbocycles. The maximum Gasteiger partial charge on any atom is 0.220 e. The Labute approximate surface area is 180 Å². The van der Waals surface area contributed by atoms with Crippen molar-refractivity contribution in [2.24, 2.45) is 0 Å². The van der Waals surface area contributed by atoms with Crippen LogP contribution >= 0.6 is 15.9 Å². The summed E-state index contributed by atoms with van der Waals surface area (Å²) >= 11 is 3.45. The molecule has 3 rings (SSSR count). The molecular formula is C23H26BrN3O2. The quantitative estimate of drug-likeness (QED) is 0.472. The number of hydrogen-bond acceptors (Lipinski definition) is 3. The highest BCUT2D eigenvalue weighted by molar-refractivity contribution is 9.10. The maximum atomic E-state index is 12.1. The molecule has 6 heteroatoms. The molecule has 0 aliphatic rings. The zero-order chi connectivity index (χ0) is 20.6. The van der Waals surface area contributed by atoms with Gasteiger partial charge in [-0.25, -0.2) is 0 Å². The molecule has 152 valence electrons. The van der Waals surface area contributed by atoms with Gasteiger partial charge >= 0.3 is 0 Å². The number of amides is 1. The van der Waals surface area contributed by atoms with E-state index in [1.54, 1.807) is 0 Å². The summed E-state index contributed by atoms with van der Waals surface area (Å²) in [7, 11) is 0. The Bertz CT molecular complexity index is 968. The predicted octanol–water partition coefficient (Wildman–Crippen LogP) is 4.79. The van der Waals surface area contributed by atoms with Crippen molar-refractivity contribution in [2.75, 3.05) is 6.61 Å². The predicted molar refractivity (Wildman–Crippen MR) is 118 cm³/mol. The van der Waals surface area contributed by atoms with Crippen LogP contribution in [0.3, 0.4) is 0 Å². The standard InChI is InChI=1S/C23H26BrN3O2/c1-17-13-18(2)27(26-17)16-20-8-5-7-19(14-20)15-25-23(28)11-6-12-29-22-10-4-3-9-21(22)24/h3-5,7-10,13-14H,6,11-12,15-16H2,1-2H3,(H,25,28). The van der Waals surface area contributed by atoms with Crippen LogP contribution < -0.4 is 10.1 Å². The Kier molecular flexibility index (Phi) is 7.47. The minimum Gasteiger partial charge on any atom is -0.492 e. The van der Waals surface area contributed by atoms with E-state index in [9.17, 15) is 4.79 Å². The van der Waals surface area contributed by atoms with E-state index in [0.29, 0.717) is 26.0 Å². The van der Waals surface area contributed by atoms with Crippen LogP contribution in [0.2, 0.25) is 0 Å². The number of nitrogens with zero attached hydrogens (tertiary/aromatic N) is 2. The molecule has 1 heterocycles. The second-order valence-electron chi connectivity index (χ2n) is 7.06. The van der Waals surface area contributed by atoms with Gasteiger partial charge in [0.2, 0.25) is 5.91 Å². The molecule has 1 N–H and O–H groups in total. The van der Waals surface area contributed by atoms with E-state index in [-0.39, 0.29) is 5.91 Å². The molecule has 0 spiro atoms. The number of ether oxygens (including phenoxy) is 1. The van der Waals surface area contributed by atoms with Crippen LogP contribution in [-0.2, 0) is 17.9 Å². The summed E-state index contributed by atoms with van der Waals surface area (Å²) in [6.45, 7) is 5.82. The highest BCUT2D eigenvalue weighted by atomic mass is 79.9. The zero-order valence-corrected chi connectivity index (χ0v) is 18.4. The number of nitrogens with one attached hydrogen (secondary N) is 1. The van der Waals surface area contributed by atoms with Gasteiger partial charge in [-0.05, 0) is 65.5 Å². The lowest BCUT2D eigenvalue weighted by Gasteiger charge is -2.10. The number of hydrogen-bond donors (Lipinski definition) is 1. The Balaban J connectivity index is 1.42. The van der Waals surface area contributed by atoms with Gasteiger partial charge in [-0.15, -0.1) is 0 Å². The van der Waals surface area contributed by atoms with E-state index >= 15 is 0 Å². The molecule has 2 aromatic carbocycles. The van der Waals surface area contributed by atoms with E-state index < -0.39 is 0 Å². The molecule has 29 heavy (non-hydrogen) atoms. The topological polar surface area (TPSA) is 56.2 Å². The lowest BCUT2D eigenvalue weighted by Crippen LogP contribution is -2.23. The minimum atomic E-state index is 0.0321. The van der Waals surface area contributed by atoms with Crippen LogP contribution in [0.1, 0.15) is 35.4 Å². The third-order valence-electron chi connectivity index (χ3n) is 4.56. The van der Waals surface area contributed by atoms with Gasteiger partial charge in [-0.1, -0.05) is 36.4 Å². The van der Waals surface area contributed by atoms with Crippen molar-refractivity contribution in [3.63, 3.8) is 0 Å². The normalized spacial score (nSPS) is 10.7. The van der Waals surface area contributed by atoms with Gasteiger partial charge < -0.3 is 10.1 Å². The molecular weight excluding hydrogens is 430 g/mol. The Morgan fingerprint density at radius 1 is 1.10 bits per heavy atom. The molecule has 0 radical (unpaired) electrons. The van der Waals surface area contributed by atoms with E-state index in [4.69, 9.17) is 4.74 Å². The number of para-hydroxylation sites is 1. The molecule has 0 aliphatic carbocycles. The van der Waals surface area contributed by atoms with Gasteiger partial charge in [0.15, 0.2) is 0 Å². The zero-order valence-electron chi connectivity index (χ0n) is 16.8. The maximum absolute atomic E-state index is 12.1. The van der Waals surface area contributed by atoms with Crippen molar-refractivity contribution in [3.8, 4) is 5.75 Å². The van der Waals surface area contributed by atoms with Gasteiger partial charge in [-0.2, -0.15) is 5.10 Å². The fourth-order valence-corrected chi connectivity index (χ4v) is 3.51. The summed E-state index contributed by atoms with van der Waals surface area (Å²) < 4.78 is 8.62. The van der Waals surface area contributed by atoms with Crippen LogP contribution in [0.15, 0.2) is 59.1 Å². The SMILES string of the molecule is Cc1cc(C)n(Cc2cccc(CNC(=O)CCCOc3ccccc3Br)c2)n1. The molecule has 3 aromatic rings. The van der Waals surface area contributed by atoms with Crippen molar-refractivity contribution in [2.45, 2.75) is 39.8 Å². The highest BCUT2D eigenvalue weighted by Gasteiger charge is 2.05. The molecule has 0 atom stereocenters. The Hall–Kier alpha value is -2.60. The van der Waals surface area contributed by atoms with Crippen LogP contribution in [0.25, 0.3) is 0 Å². The number of aromatic nitrogens is 2. The minimum absolute atomic E-state index is 0.0321. The largest absolute Gasteiger partial charge is 0.492 e. The van der Waals surface area contributed by atoms with Crippen LogP contribution in [0.5, 0.6) is 5.75 Å². The second-order valence-corrected chi connectivity index (χ2v) is 7.92. The highest BCUT2D eigenvalue weighted by Crippen LogP contribution is 2.23. The van der Waals surface area contributed by atoms with E-state index in [1.165, 1.54) is 5.56 Å². The number of rotatable bonds is 9. The first kappa shape index (κ1) is 21.1. The monoisotopic (exact) mass is 455 g/mol. The molecule has 0 unspecified atom stereocenters. The lowest BCUT2D eigenvalue weighted by molar-refractivity contribution is -0.121. The molecule has 1 amide bonds. The summed E-state index contributed by atoms with van der Waals surface area (Å²) in [6.07, 6.45) is 1.11. The Morgan fingerprint density at radius 3 is 2.66 bits per heavy atom. The third-order valence-corrected chi connectivity index (χ3v) is 5.21. The molecule has 0 aliphatic heterocycles. The first-order valence-corrected chi connectivity index (χ1v) is 10.5. The van der Waals surface area contributed by atoms with E-state index in [2.05, 4.69) is 51.5 Å². The average Bonchev–Trinajstić information content (AvgIpc) is 3.02. The van der Waals surface area contributed by atoms with Crippen molar-refractivity contribution in [3.05, 3.63) is 81.6 Å². The number of halogens is 1. The summed E-state index contributed by atoms with van der Waals surface area (Å²) in [5, 5.41) is 7.50. The molecule has 5 nitrogen and oxygen atoms in total. The summed E-state index contributed by atoms with van der Waals surface area (Å²) in [6, 6.07) is 18.0. The first-order valence-electron chi connectivity index (χ1n) is 9.74.